The van der Waals surface area contributed by atoms with Crippen molar-refractivity contribution in [2.24, 2.45) is 0 Å². The van der Waals surface area contributed by atoms with Crippen LogP contribution in [-0.4, -0.2) is 22.6 Å². The highest BCUT2D eigenvalue weighted by atomic mass is 79.9. The minimum absolute atomic E-state index is 0.395. The van der Waals surface area contributed by atoms with Gasteiger partial charge >= 0.3 is 0 Å². The molecule has 1 saturated carbocycles. The van der Waals surface area contributed by atoms with Crippen LogP contribution >= 0.6 is 15.9 Å². The normalized spacial score (nSPS) is 17.9. The van der Waals surface area contributed by atoms with E-state index in [4.69, 9.17) is 9.97 Å². The number of hydrogen-bond donors (Lipinski definition) is 1. The molecule has 1 N–H and O–H groups in total. The first-order valence-electron chi connectivity index (χ1n) is 10.3. The third-order valence-electron chi connectivity index (χ3n) is 5.77. The number of hydrogen-bond acceptors (Lipinski definition) is 4. The zero-order chi connectivity index (χ0) is 18.8. The first-order valence-corrected chi connectivity index (χ1v) is 11.1. The Kier molecular flexibility index (Phi) is 5.67. The van der Waals surface area contributed by atoms with E-state index in [1.54, 1.807) is 0 Å². The molecule has 27 heavy (non-hydrogen) atoms. The lowest BCUT2D eigenvalue weighted by Gasteiger charge is -2.31. The molecular weight excluding hydrogens is 400 g/mol. The van der Waals surface area contributed by atoms with E-state index in [0.29, 0.717) is 12.0 Å². The summed E-state index contributed by atoms with van der Waals surface area (Å²) in [7, 11) is 0. The average Bonchev–Trinajstić information content (AvgIpc) is 2.68. The van der Waals surface area contributed by atoms with Crippen LogP contribution in [0.15, 0.2) is 28.7 Å². The highest BCUT2D eigenvalue weighted by molar-refractivity contribution is 9.10. The summed E-state index contributed by atoms with van der Waals surface area (Å²) in [6, 6.07) is 9.33. The third-order valence-corrected chi connectivity index (χ3v) is 6.26. The van der Waals surface area contributed by atoms with Crippen molar-refractivity contribution in [2.45, 2.75) is 70.9 Å². The molecule has 2 aromatic rings. The molecule has 1 aliphatic carbocycles. The molecule has 0 saturated heterocycles. The molecule has 144 valence electrons. The highest BCUT2D eigenvalue weighted by Crippen LogP contribution is 2.29. The Morgan fingerprint density at radius 3 is 2.67 bits per heavy atom. The molecule has 0 spiro atoms. The van der Waals surface area contributed by atoms with Gasteiger partial charge in [-0.3, -0.25) is 0 Å². The second kappa shape index (κ2) is 8.17. The van der Waals surface area contributed by atoms with E-state index in [0.717, 1.165) is 41.4 Å². The van der Waals surface area contributed by atoms with Crippen molar-refractivity contribution in [2.75, 3.05) is 16.8 Å². The van der Waals surface area contributed by atoms with E-state index in [-0.39, 0.29) is 0 Å². The lowest BCUT2D eigenvalue weighted by Crippen LogP contribution is -2.32. The van der Waals surface area contributed by atoms with E-state index >= 15 is 0 Å². The lowest BCUT2D eigenvalue weighted by atomic mass is 9.96. The monoisotopic (exact) mass is 428 g/mol. The molecule has 4 nitrogen and oxygen atoms in total. The fourth-order valence-corrected chi connectivity index (χ4v) is 4.53. The van der Waals surface area contributed by atoms with Gasteiger partial charge in [-0.05, 0) is 48.4 Å². The summed E-state index contributed by atoms with van der Waals surface area (Å²) < 4.78 is 1.16. The van der Waals surface area contributed by atoms with E-state index < -0.39 is 0 Å². The van der Waals surface area contributed by atoms with Crippen LogP contribution < -0.4 is 10.2 Å². The summed E-state index contributed by atoms with van der Waals surface area (Å²) in [5, 5.41) is 3.63. The average molecular weight is 429 g/mol. The van der Waals surface area contributed by atoms with Crippen LogP contribution in [0.25, 0.3) is 0 Å². The van der Waals surface area contributed by atoms with Gasteiger partial charge in [0.05, 0.1) is 5.69 Å². The Balaban J connectivity index is 1.58. The lowest BCUT2D eigenvalue weighted by molar-refractivity contribution is 0.460. The molecule has 2 aliphatic rings. The highest BCUT2D eigenvalue weighted by Gasteiger charge is 2.21. The Bertz CT molecular complexity index is 799. The van der Waals surface area contributed by atoms with Crippen LogP contribution in [0.2, 0.25) is 0 Å². The number of halogens is 1. The Morgan fingerprint density at radius 1 is 1.07 bits per heavy atom. The number of nitrogens with one attached hydrogen (secondary N) is 1. The minimum Gasteiger partial charge on any atom is -0.352 e. The first kappa shape index (κ1) is 18.7. The number of nitrogens with zero attached hydrogens (tertiary/aromatic N) is 3. The van der Waals surface area contributed by atoms with Crippen LogP contribution in [0.3, 0.4) is 0 Å². The van der Waals surface area contributed by atoms with Gasteiger partial charge in [-0.15, -0.1) is 0 Å². The summed E-state index contributed by atoms with van der Waals surface area (Å²) >= 11 is 3.59. The number of anilines is 2. The second-order valence-corrected chi connectivity index (χ2v) is 9.11. The Morgan fingerprint density at radius 2 is 1.89 bits per heavy atom. The SMILES string of the molecule is CC(C)c1cc(N2CCc3cc(Br)ccc3C2)nc(NC2CCCCC2)n1. The van der Waals surface area contributed by atoms with Crippen molar-refractivity contribution in [1.82, 2.24) is 9.97 Å². The maximum atomic E-state index is 4.92. The van der Waals surface area contributed by atoms with E-state index in [1.807, 2.05) is 0 Å². The van der Waals surface area contributed by atoms with Crippen LogP contribution in [0, 0.1) is 0 Å². The van der Waals surface area contributed by atoms with Gasteiger partial charge < -0.3 is 10.2 Å². The van der Waals surface area contributed by atoms with Gasteiger partial charge in [0.2, 0.25) is 5.95 Å². The van der Waals surface area contributed by atoms with E-state index in [2.05, 4.69) is 64.3 Å². The van der Waals surface area contributed by atoms with Crippen LogP contribution in [-0.2, 0) is 13.0 Å². The van der Waals surface area contributed by atoms with Crippen LogP contribution in [0.5, 0.6) is 0 Å². The number of aromatic nitrogens is 2. The van der Waals surface area contributed by atoms with Gasteiger partial charge in [0.25, 0.3) is 0 Å². The molecule has 5 heteroatoms. The number of rotatable bonds is 4. The second-order valence-electron chi connectivity index (χ2n) is 8.19. The van der Waals surface area contributed by atoms with Crippen molar-refractivity contribution >= 4 is 27.7 Å². The molecule has 0 bridgehead atoms. The van der Waals surface area contributed by atoms with Gasteiger partial charge in [-0.2, -0.15) is 4.98 Å². The predicted octanol–water partition coefficient (Wildman–Crippen LogP) is 5.67. The topological polar surface area (TPSA) is 41.1 Å². The quantitative estimate of drug-likeness (QED) is 0.680. The molecule has 0 radical (unpaired) electrons. The van der Waals surface area contributed by atoms with Crippen molar-refractivity contribution in [3.8, 4) is 0 Å². The zero-order valence-corrected chi connectivity index (χ0v) is 17.9. The molecule has 2 heterocycles. The van der Waals surface area contributed by atoms with E-state index in [9.17, 15) is 0 Å². The molecule has 1 aliphatic heterocycles. The molecular formula is C22H29BrN4. The number of fused-ring (bicyclic) bond motifs is 1. The van der Waals surface area contributed by atoms with Gasteiger partial charge in [0.15, 0.2) is 0 Å². The molecule has 0 amide bonds. The minimum atomic E-state index is 0.395. The maximum Gasteiger partial charge on any atom is 0.225 e. The fraction of sp³-hybridized carbons (Fsp3) is 0.545. The summed E-state index contributed by atoms with van der Waals surface area (Å²) in [5.74, 6) is 2.26. The van der Waals surface area contributed by atoms with Crippen LogP contribution in [0.1, 0.15) is 68.7 Å². The van der Waals surface area contributed by atoms with Gasteiger partial charge in [-0.25, -0.2) is 4.98 Å². The largest absolute Gasteiger partial charge is 0.352 e. The molecule has 0 atom stereocenters. The van der Waals surface area contributed by atoms with Gasteiger partial charge in [0.1, 0.15) is 5.82 Å². The standard InChI is InChI=1S/C22H29BrN4/c1-15(2)20-13-21(26-22(25-20)24-19-6-4-3-5-7-19)27-11-10-16-12-18(23)9-8-17(16)14-27/h8-9,12-13,15,19H,3-7,10-11,14H2,1-2H3,(H,24,25,26). The van der Waals surface area contributed by atoms with Crippen LogP contribution in [0.4, 0.5) is 11.8 Å². The van der Waals surface area contributed by atoms with Crippen molar-refractivity contribution in [3.05, 3.63) is 45.6 Å². The Hall–Kier alpha value is -1.62. The zero-order valence-electron chi connectivity index (χ0n) is 16.3. The summed E-state index contributed by atoms with van der Waals surface area (Å²) in [4.78, 5) is 12.1. The molecule has 4 rings (SSSR count). The van der Waals surface area contributed by atoms with Crippen molar-refractivity contribution in [3.63, 3.8) is 0 Å². The van der Waals surface area contributed by atoms with Gasteiger partial charge in [-0.1, -0.05) is 55.1 Å². The fourth-order valence-electron chi connectivity index (χ4n) is 4.12. The van der Waals surface area contributed by atoms with E-state index in [1.165, 1.54) is 43.2 Å². The predicted molar refractivity (Wildman–Crippen MR) is 116 cm³/mol. The molecule has 1 aromatic carbocycles. The van der Waals surface area contributed by atoms with Crippen molar-refractivity contribution < 1.29 is 0 Å². The summed E-state index contributed by atoms with van der Waals surface area (Å²) in [6.45, 7) is 6.33. The van der Waals surface area contributed by atoms with Gasteiger partial charge in [0, 0.05) is 29.7 Å². The molecule has 0 unspecified atom stereocenters. The first-order chi connectivity index (χ1) is 13.1. The summed E-state index contributed by atoms with van der Waals surface area (Å²) in [5.41, 5.74) is 3.97. The van der Waals surface area contributed by atoms with Crippen molar-refractivity contribution in [1.29, 1.82) is 0 Å². The maximum absolute atomic E-state index is 4.92. The summed E-state index contributed by atoms with van der Waals surface area (Å²) in [6.07, 6.45) is 7.51. The molecule has 1 aromatic heterocycles. The number of benzene rings is 1. The smallest absolute Gasteiger partial charge is 0.225 e. The third kappa shape index (κ3) is 4.45. The Labute approximate surface area is 170 Å². The molecule has 1 fully saturated rings.